The van der Waals surface area contributed by atoms with E-state index < -0.39 is 5.91 Å². The molecule has 0 aliphatic carbocycles. The maximum atomic E-state index is 11.8. The van der Waals surface area contributed by atoms with Crippen molar-refractivity contribution in [3.63, 3.8) is 0 Å². The Morgan fingerprint density at radius 1 is 1.00 bits per heavy atom. The molecule has 26 heavy (non-hydrogen) atoms. The Bertz CT molecular complexity index is 790. The lowest BCUT2D eigenvalue weighted by atomic mass is 10.2. The summed E-state index contributed by atoms with van der Waals surface area (Å²) < 4.78 is 5.50. The topological polar surface area (TPSA) is 121 Å². The highest BCUT2D eigenvalue weighted by molar-refractivity contribution is 9.10. The molecule has 0 spiro atoms. The van der Waals surface area contributed by atoms with E-state index in [1.807, 2.05) is 0 Å². The molecule has 1 aromatic heterocycles. The third-order valence-electron chi connectivity index (χ3n) is 3.28. The molecule has 138 valence electrons. The van der Waals surface area contributed by atoms with E-state index in [9.17, 15) is 19.5 Å². The van der Waals surface area contributed by atoms with E-state index in [0.717, 1.165) is 0 Å². The van der Waals surface area contributed by atoms with Crippen LogP contribution in [0.5, 0.6) is 5.75 Å². The number of rotatable bonds is 8. The van der Waals surface area contributed by atoms with Gasteiger partial charge in [-0.25, -0.2) is 0 Å². The summed E-state index contributed by atoms with van der Waals surface area (Å²) in [6, 6.07) is 9.11. The van der Waals surface area contributed by atoms with Crippen LogP contribution in [-0.2, 0) is 4.79 Å². The average Bonchev–Trinajstić information content (AvgIpc) is 3.05. The van der Waals surface area contributed by atoms with Crippen LogP contribution in [0.2, 0.25) is 0 Å². The van der Waals surface area contributed by atoms with Gasteiger partial charge in [0.15, 0.2) is 10.4 Å². The van der Waals surface area contributed by atoms with Gasteiger partial charge in [0, 0.05) is 18.7 Å². The monoisotopic (exact) mass is 423 g/mol. The molecular weight excluding hydrogens is 406 g/mol. The number of furan rings is 1. The molecule has 1 aromatic carbocycles. The molecule has 0 radical (unpaired) electrons. The summed E-state index contributed by atoms with van der Waals surface area (Å²) in [7, 11) is 0. The van der Waals surface area contributed by atoms with Crippen LogP contribution in [0.4, 0.5) is 0 Å². The summed E-state index contributed by atoms with van der Waals surface area (Å²) >= 11 is 3.09. The molecule has 4 N–H and O–H groups in total. The van der Waals surface area contributed by atoms with Gasteiger partial charge in [0.2, 0.25) is 5.91 Å². The van der Waals surface area contributed by atoms with Gasteiger partial charge in [-0.3, -0.25) is 14.4 Å². The molecule has 0 bridgehead atoms. The first kappa shape index (κ1) is 19.5. The minimum Gasteiger partial charge on any atom is -0.508 e. The van der Waals surface area contributed by atoms with Crippen LogP contribution in [0, 0.1) is 0 Å². The Kier molecular flexibility index (Phi) is 7.22. The molecule has 0 saturated carbocycles. The van der Waals surface area contributed by atoms with Crippen molar-refractivity contribution in [1.82, 2.24) is 16.0 Å². The van der Waals surface area contributed by atoms with Crippen molar-refractivity contribution in [3.05, 3.63) is 52.4 Å². The first-order valence-electron chi connectivity index (χ1n) is 7.83. The SMILES string of the molecule is O=C(CNC(=O)c1ccc(Br)o1)NCCCNC(=O)c1cccc(O)c1. The number of nitrogens with one attached hydrogen (secondary N) is 3. The summed E-state index contributed by atoms with van der Waals surface area (Å²) in [4.78, 5) is 35.2. The fourth-order valence-electron chi connectivity index (χ4n) is 2.01. The van der Waals surface area contributed by atoms with Gasteiger partial charge in [-0.05, 0) is 52.7 Å². The first-order valence-corrected chi connectivity index (χ1v) is 8.62. The third-order valence-corrected chi connectivity index (χ3v) is 3.70. The molecule has 2 aromatic rings. The van der Waals surface area contributed by atoms with Crippen LogP contribution in [-0.4, -0.2) is 42.5 Å². The molecule has 0 unspecified atom stereocenters. The normalized spacial score (nSPS) is 10.2. The Hall–Kier alpha value is -2.81. The van der Waals surface area contributed by atoms with Crippen molar-refractivity contribution in [1.29, 1.82) is 0 Å². The predicted molar refractivity (Wildman–Crippen MR) is 96.8 cm³/mol. The Morgan fingerprint density at radius 3 is 2.46 bits per heavy atom. The van der Waals surface area contributed by atoms with E-state index in [2.05, 4.69) is 31.9 Å². The molecule has 0 fully saturated rings. The number of phenolic OH excluding ortho intramolecular Hbond substituents is 1. The molecule has 3 amide bonds. The minimum atomic E-state index is -0.482. The van der Waals surface area contributed by atoms with Crippen molar-refractivity contribution in [3.8, 4) is 5.75 Å². The molecule has 0 aliphatic rings. The number of halogens is 1. The van der Waals surface area contributed by atoms with Crippen molar-refractivity contribution in [2.45, 2.75) is 6.42 Å². The predicted octanol–water partition coefficient (Wildman–Crippen LogP) is 1.41. The van der Waals surface area contributed by atoms with Gasteiger partial charge < -0.3 is 25.5 Å². The molecule has 2 rings (SSSR count). The Balaban J connectivity index is 1.58. The number of benzene rings is 1. The van der Waals surface area contributed by atoms with Gasteiger partial charge in [-0.2, -0.15) is 0 Å². The van der Waals surface area contributed by atoms with E-state index >= 15 is 0 Å². The summed E-state index contributed by atoms with van der Waals surface area (Å²) in [5.41, 5.74) is 0.362. The second kappa shape index (κ2) is 9.62. The van der Waals surface area contributed by atoms with Crippen LogP contribution < -0.4 is 16.0 Å². The molecule has 0 saturated heterocycles. The fraction of sp³-hybridized carbons (Fsp3) is 0.235. The highest BCUT2D eigenvalue weighted by atomic mass is 79.9. The standard InChI is InChI=1S/C17H18BrN3O5/c18-14-6-5-13(26-14)17(25)21-10-15(23)19-7-2-8-20-16(24)11-3-1-4-12(22)9-11/h1,3-6,9,22H,2,7-8,10H2,(H,19,23)(H,20,24)(H,21,25). The van der Waals surface area contributed by atoms with Gasteiger partial charge in [0.25, 0.3) is 11.8 Å². The second-order valence-corrected chi connectivity index (χ2v) is 6.08. The zero-order chi connectivity index (χ0) is 18.9. The van der Waals surface area contributed by atoms with Crippen LogP contribution in [0.1, 0.15) is 27.3 Å². The maximum Gasteiger partial charge on any atom is 0.287 e. The number of hydrogen-bond donors (Lipinski definition) is 4. The zero-order valence-electron chi connectivity index (χ0n) is 13.8. The Morgan fingerprint density at radius 2 is 1.77 bits per heavy atom. The number of aromatic hydroxyl groups is 1. The third kappa shape index (κ3) is 6.25. The van der Waals surface area contributed by atoms with Crippen molar-refractivity contribution < 1.29 is 23.9 Å². The van der Waals surface area contributed by atoms with Crippen molar-refractivity contribution in [2.24, 2.45) is 0 Å². The van der Waals surface area contributed by atoms with Gasteiger partial charge in [-0.15, -0.1) is 0 Å². The molecule has 9 heteroatoms. The average molecular weight is 424 g/mol. The van der Waals surface area contributed by atoms with E-state index in [1.165, 1.54) is 18.2 Å². The number of carbonyl (C=O) groups excluding carboxylic acids is 3. The van der Waals surface area contributed by atoms with Crippen LogP contribution in [0.3, 0.4) is 0 Å². The number of carbonyl (C=O) groups is 3. The lowest BCUT2D eigenvalue weighted by Gasteiger charge is -2.07. The lowest BCUT2D eigenvalue weighted by Crippen LogP contribution is -2.38. The second-order valence-electron chi connectivity index (χ2n) is 5.30. The van der Waals surface area contributed by atoms with E-state index in [-0.39, 0.29) is 29.9 Å². The van der Waals surface area contributed by atoms with E-state index in [0.29, 0.717) is 29.7 Å². The maximum absolute atomic E-state index is 11.8. The van der Waals surface area contributed by atoms with Crippen LogP contribution in [0.15, 0.2) is 45.5 Å². The largest absolute Gasteiger partial charge is 0.508 e. The highest BCUT2D eigenvalue weighted by Crippen LogP contribution is 2.13. The zero-order valence-corrected chi connectivity index (χ0v) is 15.3. The van der Waals surface area contributed by atoms with Crippen LogP contribution >= 0.6 is 15.9 Å². The Labute approximate surface area is 158 Å². The number of amides is 3. The quantitative estimate of drug-likeness (QED) is 0.478. The molecule has 8 nitrogen and oxygen atoms in total. The lowest BCUT2D eigenvalue weighted by molar-refractivity contribution is -0.120. The van der Waals surface area contributed by atoms with Gasteiger partial charge >= 0.3 is 0 Å². The number of phenols is 1. The summed E-state index contributed by atoms with van der Waals surface area (Å²) in [5.74, 6) is -0.996. The first-order chi connectivity index (χ1) is 12.5. The smallest absolute Gasteiger partial charge is 0.287 e. The van der Waals surface area contributed by atoms with Gasteiger partial charge in [0.05, 0.1) is 6.54 Å². The van der Waals surface area contributed by atoms with E-state index in [4.69, 9.17) is 4.42 Å². The summed E-state index contributed by atoms with van der Waals surface area (Å²) in [5, 5.41) is 17.1. The minimum absolute atomic E-state index is 0.0221. The van der Waals surface area contributed by atoms with Crippen molar-refractivity contribution >= 4 is 33.7 Å². The molecule has 0 atom stereocenters. The van der Waals surface area contributed by atoms with Gasteiger partial charge in [-0.1, -0.05) is 6.07 Å². The summed E-state index contributed by atoms with van der Waals surface area (Å²) in [6.07, 6.45) is 0.523. The molecular formula is C17H18BrN3O5. The van der Waals surface area contributed by atoms with Crippen molar-refractivity contribution in [2.75, 3.05) is 19.6 Å². The van der Waals surface area contributed by atoms with Gasteiger partial charge in [0.1, 0.15) is 5.75 Å². The molecule has 1 heterocycles. The summed E-state index contributed by atoms with van der Waals surface area (Å²) in [6.45, 7) is 0.537. The number of hydrogen-bond acceptors (Lipinski definition) is 5. The molecule has 0 aliphatic heterocycles. The highest BCUT2D eigenvalue weighted by Gasteiger charge is 2.11. The fourth-order valence-corrected chi connectivity index (χ4v) is 2.32. The van der Waals surface area contributed by atoms with Crippen LogP contribution in [0.25, 0.3) is 0 Å². The van der Waals surface area contributed by atoms with E-state index in [1.54, 1.807) is 18.2 Å².